The summed E-state index contributed by atoms with van der Waals surface area (Å²) in [5.74, 6) is -0.151. The average molecular weight is 387 g/mol. The highest BCUT2D eigenvalue weighted by molar-refractivity contribution is 5.94. The van der Waals surface area contributed by atoms with Gasteiger partial charge in [0, 0.05) is 17.5 Å². The molecular weight excluding hydrogens is 369 g/mol. The Bertz CT molecular complexity index is 1100. The molecule has 0 radical (unpaired) electrons. The van der Waals surface area contributed by atoms with Crippen LogP contribution in [0.15, 0.2) is 89.5 Å². The zero-order chi connectivity index (χ0) is 20.1. The third-order valence-corrected chi connectivity index (χ3v) is 4.45. The summed E-state index contributed by atoms with van der Waals surface area (Å²) in [5.41, 5.74) is 2.04. The first kappa shape index (κ1) is 18.6. The monoisotopic (exact) mass is 387 g/mol. The van der Waals surface area contributed by atoms with E-state index < -0.39 is 17.8 Å². The third kappa shape index (κ3) is 4.55. The van der Waals surface area contributed by atoms with Crippen molar-refractivity contribution in [2.24, 2.45) is 0 Å². The third-order valence-electron chi connectivity index (χ3n) is 4.45. The fraction of sp³-hybridized carbons (Fsp3) is 0.0870. The summed E-state index contributed by atoms with van der Waals surface area (Å²) in [6, 6.07) is 24.1. The molecule has 0 unspecified atom stereocenters. The smallest absolute Gasteiger partial charge is 0.252 e. The van der Waals surface area contributed by atoms with Gasteiger partial charge in [0.2, 0.25) is 11.7 Å². The van der Waals surface area contributed by atoms with E-state index in [-0.39, 0.29) is 11.5 Å². The maximum absolute atomic E-state index is 13.5. The van der Waals surface area contributed by atoms with Gasteiger partial charge >= 0.3 is 0 Å². The van der Waals surface area contributed by atoms with Gasteiger partial charge in [0.1, 0.15) is 11.9 Å². The van der Waals surface area contributed by atoms with Gasteiger partial charge in [-0.05, 0) is 23.8 Å². The van der Waals surface area contributed by atoms with E-state index in [0.717, 1.165) is 11.1 Å². The topological polar surface area (TPSA) is 68.0 Å². The molecule has 1 amide bonds. The minimum atomic E-state index is -0.557. The summed E-state index contributed by atoms with van der Waals surface area (Å²) >= 11 is 0. The SMILES string of the molecule is O=C(N[C@@H](Cc1ccccc1)c1nc(-c2ccccc2)no1)c1cccc(F)c1. The second-order valence-electron chi connectivity index (χ2n) is 6.55. The molecule has 1 heterocycles. The second kappa shape index (κ2) is 8.48. The van der Waals surface area contributed by atoms with Crippen LogP contribution in [0.25, 0.3) is 11.4 Å². The van der Waals surface area contributed by atoms with Crippen molar-refractivity contribution >= 4 is 5.91 Å². The Labute approximate surface area is 167 Å². The van der Waals surface area contributed by atoms with Gasteiger partial charge in [-0.15, -0.1) is 0 Å². The Balaban J connectivity index is 1.62. The van der Waals surface area contributed by atoms with Gasteiger partial charge in [0.05, 0.1) is 0 Å². The molecule has 4 rings (SSSR count). The molecule has 0 spiro atoms. The molecular formula is C23H18FN3O2. The molecule has 0 fully saturated rings. The minimum Gasteiger partial charge on any atom is -0.340 e. The molecule has 144 valence electrons. The van der Waals surface area contributed by atoms with Crippen molar-refractivity contribution in [3.05, 3.63) is 108 Å². The largest absolute Gasteiger partial charge is 0.340 e. The molecule has 0 aliphatic carbocycles. The van der Waals surface area contributed by atoms with E-state index in [1.807, 2.05) is 60.7 Å². The van der Waals surface area contributed by atoms with Crippen LogP contribution in [0.2, 0.25) is 0 Å². The first-order chi connectivity index (χ1) is 14.2. The molecule has 0 saturated heterocycles. The second-order valence-corrected chi connectivity index (χ2v) is 6.55. The van der Waals surface area contributed by atoms with Crippen molar-refractivity contribution in [2.75, 3.05) is 0 Å². The number of hydrogen-bond donors (Lipinski definition) is 1. The van der Waals surface area contributed by atoms with Crippen molar-refractivity contribution in [3.63, 3.8) is 0 Å². The van der Waals surface area contributed by atoms with Gasteiger partial charge in [-0.3, -0.25) is 4.79 Å². The summed E-state index contributed by atoms with van der Waals surface area (Å²) in [6.45, 7) is 0. The highest BCUT2D eigenvalue weighted by Crippen LogP contribution is 2.22. The quantitative estimate of drug-likeness (QED) is 0.525. The highest BCUT2D eigenvalue weighted by Gasteiger charge is 2.23. The van der Waals surface area contributed by atoms with Gasteiger partial charge in [0.25, 0.3) is 5.91 Å². The molecule has 0 saturated carbocycles. The molecule has 0 aliphatic rings. The molecule has 5 nitrogen and oxygen atoms in total. The highest BCUT2D eigenvalue weighted by atomic mass is 19.1. The van der Waals surface area contributed by atoms with Gasteiger partial charge in [-0.25, -0.2) is 4.39 Å². The van der Waals surface area contributed by atoms with Crippen molar-refractivity contribution < 1.29 is 13.7 Å². The zero-order valence-electron chi connectivity index (χ0n) is 15.5. The molecule has 0 aliphatic heterocycles. The van der Waals surface area contributed by atoms with Gasteiger partial charge in [0.15, 0.2) is 0 Å². The maximum Gasteiger partial charge on any atom is 0.252 e. The van der Waals surface area contributed by atoms with Crippen LogP contribution >= 0.6 is 0 Å². The molecule has 4 aromatic rings. The van der Waals surface area contributed by atoms with E-state index in [2.05, 4.69) is 15.5 Å². The number of halogens is 1. The predicted octanol–water partition coefficient (Wildman–Crippen LogP) is 4.59. The van der Waals surface area contributed by atoms with Gasteiger partial charge < -0.3 is 9.84 Å². The number of benzene rings is 3. The Kier molecular flexibility index (Phi) is 5.42. The van der Waals surface area contributed by atoms with Crippen molar-refractivity contribution in [2.45, 2.75) is 12.5 Å². The van der Waals surface area contributed by atoms with Crippen molar-refractivity contribution in [1.29, 1.82) is 0 Å². The summed E-state index contributed by atoms with van der Waals surface area (Å²) in [4.78, 5) is 17.2. The fourth-order valence-electron chi connectivity index (χ4n) is 3.00. The Morgan fingerprint density at radius 1 is 0.966 bits per heavy atom. The van der Waals surface area contributed by atoms with Crippen LogP contribution in [0, 0.1) is 5.82 Å². The van der Waals surface area contributed by atoms with Gasteiger partial charge in [-0.2, -0.15) is 4.98 Å². The van der Waals surface area contributed by atoms with E-state index in [1.54, 1.807) is 6.07 Å². The van der Waals surface area contributed by atoms with Crippen LogP contribution < -0.4 is 5.32 Å². The lowest BCUT2D eigenvalue weighted by Crippen LogP contribution is -2.30. The molecule has 1 N–H and O–H groups in total. The van der Waals surface area contributed by atoms with E-state index in [1.165, 1.54) is 18.2 Å². The van der Waals surface area contributed by atoms with Crippen LogP contribution in [-0.2, 0) is 6.42 Å². The Morgan fingerprint density at radius 3 is 2.41 bits per heavy atom. The van der Waals surface area contributed by atoms with Crippen LogP contribution in [0.1, 0.15) is 27.9 Å². The zero-order valence-corrected chi connectivity index (χ0v) is 15.5. The van der Waals surface area contributed by atoms with Crippen molar-refractivity contribution in [3.8, 4) is 11.4 Å². The summed E-state index contributed by atoms with van der Waals surface area (Å²) < 4.78 is 19.0. The standard InChI is InChI=1S/C23H18FN3O2/c24-19-13-7-12-18(15-19)22(28)25-20(14-16-8-3-1-4-9-16)23-26-21(27-29-23)17-10-5-2-6-11-17/h1-13,15,20H,14H2,(H,25,28)/t20-/m0/s1. The lowest BCUT2D eigenvalue weighted by Gasteiger charge is -2.15. The average Bonchev–Trinajstić information content (AvgIpc) is 3.25. The molecule has 1 aromatic heterocycles. The Hall–Kier alpha value is -3.80. The molecule has 1 atom stereocenters. The maximum atomic E-state index is 13.5. The number of hydrogen-bond acceptors (Lipinski definition) is 4. The molecule has 3 aromatic carbocycles. The molecule has 29 heavy (non-hydrogen) atoms. The number of nitrogens with zero attached hydrogens (tertiary/aromatic N) is 2. The predicted molar refractivity (Wildman–Crippen MR) is 106 cm³/mol. The van der Waals surface area contributed by atoms with Crippen LogP contribution in [0.3, 0.4) is 0 Å². The Morgan fingerprint density at radius 2 is 1.69 bits per heavy atom. The number of rotatable bonds is 6. The fourth-order valence-corrected chi connectivity index (χ4v) is 3.00. The van der Waals surface area contributed by atoms with Gasteiger partial charge in [-0.1, -0.05) is 71.9 Å². The summed E-state index contributed by atoms with van der Waals surface area (Å²) in [6.07, 6.45) is 0.457. The normalized spacial score (nSPS) is 11.8. The minimum absolute atomic E-state index is 0.228. The van der Waals surface area contributed by atoms with E-state index in [9.17, 15) is 9.18 Å². The number of carbonyl (C=O) groups excluding carboxylic acids is 1. The first-order valence-electron chi connectivity index (χ1n) is 9.18. The van der Waals surface area contributed by atoms with Crippen LogP contribution in [0.4, 0.5) is 4.39 Å². The molecule has 6 heteroatoms. The summed E-state index contributed by atoms with van der Waals surface area (Å²) in [5, 5.41) is 6.93. The first-order valence-corrected chi connectivity index (χ1v) is 9.18. The van der Waals surface area contributed by atoms with E-state index >= 15 is 0 Å². The lowest BCUT2D eigenvalue weighted by atomic mass is 10.1. The molecule has 0 bridgehead atoms. The number of aromatic nitrogens is 2. The van der Waals surface area contributed by atoms with E-state index in [0.29, 0.717) is 12.2 Å². The lowest BCUT2D eigenvalue weighted by molar-refractivity contribution is 0.0927. The number of nitrogens with one attached hydrogen (secondary N) is 1. The van der Waals surface area contributed by atoms with Crippen LogP contribution in [-0.4, -0.2) is 16.0 Å². The number of carbonyl (C=O) groups is 1. The number of amides is 1. The van der Waals surface area contributed by atoms with E-state index in [4.69, 9.17) is 4.52 Å². The summed E-state index contributed by atoms with van der Waals surface area (Å²) in [7, 11) is 0. The van der Waals surface area contributed by atoms with Crippen molar-refractivity contribution in [1.82, 2.24) is 15.5 Å². The van der Waals surface area contributed by atoms with Crippen LogP contribution in [0.5, 0.6) is 0 Å².